The Hall–Kier alpha value is -0.140. The van der Waals surface area contributed by atoms with Crippen LogP contribution in [0, 0.1) is 10.5 Å². The van der Waals surface area contributed by atoms with E-state index in [2.05, 4.69) is 38.5 Å². The fourth-order valence-electron chi connectivity index (χ4n) is 1.08. The molecule has 0 radical (unpaired) electrons. The van der Waals surface area contributed by atoms with Crippen molar-refractivity contribution in [2.75, 3.05) is 0 Å². The van der Waals surface area contributed by atoms with Crippen LogP contribution in [0.5, 0.6) is 0 Å². The predicted molar refractivity (Wildman–Crippen MR) is 64.2 cm³/mol. The molecule has 0 saturated heterocycles. The molecule has 0 aromatic heterocycles. The molecule has 0 amide bonds. The molecule has 2 N–H and O–H groups in total. The highest BCUT2D eigenvalue weighted by Gasteiger charge is 2.20. The highest BCUT2D eigenvalue weighted by molar-refractivity contribution is 14.1. The molecule has 0 aliphatic heterocycles. The Morgan fingerprint density at radius 2 is 2.14 bits per heavy atom. The number of aliphatic hydroxyl groups is 1. The quantitative estimate of drug-likeness (QED) is 0.786. The summed E-state index contributed by atoms with van der Waals surface area (Å²) >= 11 is 5.34. The number of hydrogen-bond donors (Lipinski definition) is 2. The van der Waals surface area contributed by atoms with Gasteiger partial charge in [-0.3, -0.25) is 0 Å². The molecule has 0 bridgehead atoms. The second-order valence-corrected chi connectivity index (χ2v) is 4.91. The molecule has 0 fully saturated rings. The van der Waals surface area contributed by atoms with Gasteiger partial charge in [-0.15, -0.1) is 0 Å². The molecule has 5 heteroatoms. The summed E-state index contributed by atoms with van der Waals surface area (Å²) in [4.78, 5) is 10.6. The van der Waals surface area contributed by atoms with Gasteiger partial charge in [-0.2, -0.15) is 0 Å². The summed E-state index contributed by atoms with van der Waals surface area (Å²) in [5, 5.41) is 18.1. The van der Waals surface area contributed by atoms with Gasteiger partial charge in [0.05, 0.1) is 0 Å². The second kappa shape index (κ2) is 4.59. The van der Waals surface area contributed by atoms with Crippen molar-refractivity contribution in [3.05, 3.63) is 31.3 Å². The van der Waals surface area contributed by atoms with Crippen LogP contribution >= 0.6 is 38.5 Å². The summed E-state index contributed by atoms with van der Waals surface area (Å²) in [7, 11) is 0. The van der Waals surface area contributed by atoms with Crippen molar-refractivity contribution >= 4 is 44.5 Å². The standard InChI is InChI=1S/C9H8BrIO3/c1-4-2-5(11)3-6(7(4)10)8(12)9(13)14/h2-3,8,12H,1H3,(H,13,14). The van der Waals surface area contributed by atoms with Crippen LogP contribution in [0.4, 0.5) is 0 Å². The van der Waals surface area contributed by atoms with Crippen LogP contribution in [0.25, 0.3) is 0 Å². The summed E-state index contributed by atoms with van der Waals surface area (Å²) in [5.41, 5.74) is 1.30. The number of rotatable bonds is 2. The summed E-state index contributed by atoms with van der Waals surface area (Å²) in [6, 6.07) is 3.55. The van der Waals surface area contributed by atoms with Crippen molar-refractivity contribution in [1.29, 1.82) is 0 Å². The zero-order chi connectivity index (χ0) is 10.9. The maximum absolute atomic E-state index is 10.6. The summed E-state index contributed by atoms with van der Waals surface area (Å²) in [6.45, 7) is 1.85. The number of benzene rings is 1. The Morgan fingerprint density at radius 1 is 1.57 bits per heavy atom. The van der Waals surface area contributed by atoms with E-state index in [1.54, 1.807) is 6.07 Å². The van der Waals surface area contributed by atoms with Crippen LogP contribution in [0.3, 0.4) is 0 Å². The number of aryl methyl sites for hydroxylation is 1. The minimum absolute atomic E-state index is 0.391. The Morgan fingerprint density at radius 3 is 2.64 bits per heavy atom. The van der Waals surface area contributed by atoms with E-state index in [4.69, 9.17) is 5.11 Å². The normalized spacial score (nSPS) is 12.6. The lowest BCUT2D eigenvalue weighted by atomic mass is 10.1. The predicted octanol–water partition coefficient (Wildman–Crippen LogP) is 2.48. The van der Waals surface area contributed by atoms with E-state index >= 15 is 0 Å². The lowest BCUT2D eigenvalue weighted by Gasteiger charge is -2.11. The number of aliphatic hydroxyl groups excluding tert-OH is 1. The zero-order valence-corrected chi connectivity index (χ0v) is 11.0. The van der Waals surface area contributed by atoms with Crippen molar-refractivity contribution < 1.29 is 15.0 Å². The Balaban J connectivity index is 3.26. The minimum atomic E-state index is -1.47. The van der Waals surface area contributed by atoms with Crippen LogP contribution in [0.15, 0.2) is 16.6 Å². The van der Waals surface area contributed by atoms with Gasteiger partial charge in [0.15, 0.2) is 6.10 Å². The zero-order valence-electron chi connectivity index (χ0n) is 7.29. The Labute approximate surface area is 103 Å². The lowest BCUT2D eigenvalue weighted by molar-refractivity contribution is -0.147. The Kier molecular flexibility index (Phi) is 3.91. The summed E-state index contributed by atoms with van der Waals surface area (Å²) < 4.78 is 1.55. The molecule has 1 atom stereocenters. The number of carboxylic acids is 1. The topological polar surface area (TPSA) is 57.5 Å². The number of halogens is 2. The van der Waals surface area contributed by atoms with Gasteiger partial charge in [0.2, 0.25) is 0 Å². The van der Waals surface area contributed by atoms with E-state index in [9.17, 15) is 9.90 Å². The van der Waals surface area contributed by atoms with Gasteiger partial charge in [-0.25, -0.2) is 4.79 Å². The van der Waals surface area contributed by atoms with E-state index in [1.807, 2.05) is 13.0 Å². The fraction of sp³-hybridized carbons (Fsp3) is 0.222. The van der Waals surface area contributed by atoms with E-state index < -0.39 is 12.1 Å². The molecular formula is C9H8BrIO3. The maximum atomic E-state index is 10.6. The molecule has 0 heterocycles. The third-order valence-corrected chi connectivity index (χ3v) is 3.48. The largest absolute Gasteiger partial charge is 0.479 e. The molecule has 1 aromatic rings. The van der Waals surface area contributed by atoms with E-state index in [-0.39, 0.29) is 0 Å². The van der Waals surface area contributed by atoms with Crippen molar-refractivity contribution in [3.63, 3.8) is 0 Å². The van der Waals surface area contributed by atoms with Crippen LogP contribution in [-0.4, -0.2) is 16.2 Å². The third-order valence-electron chi connectivity index (χ3n) is 1.78. The molecule has 0 spiro atoms. The van der Waals surface area contributed by atoms with Crippen molar-refractivity contribution in [2.45, 2.75) is 13.0 Å². The molecule has 0 aliphatic carbocycles. The molecule has 76 valence electrons. The minimum Gasteiger partial charge on any atom is -0.479 e. The molecule has 1 unspecified atom stereocenters. The van der Waals surface area contributed by atoms with Crippen molar-refractivity contribution in [1.82, 2.24) is 0 Å². The van der Waals surface area contributed by atoms with Crippen LogP contribution in [-0.2, 0) is 4.79 Å². The summed E-state index contributed by atoms with van der Waals surface area (Å²) in [6.07, 6.45) is -1.47. The van der Waals surface area contributed by atoms with E-state index in [0.29, 0.717) is 10.0 Å². The number of carbonyl (C=O) groups is 1. The maximum Gasteiger partial charge on any atom is 0.337 e. The molecule has 1 rings (SSSR count). The first-order chi connectivity index (χ1) is 6.43. The number of hydrogen-bond acceptors (Lipinski definition) is 2. The highest BCUT2D eigenvalue weighted by Crippen LogP contribution is 2.29. The van der Waals surface area contributed by atoms with Gasteiger partial charge in [0.25, 0.3) is 0 Å². The second-order valence-electron chi connectivity index (χ2n) is 2.87. The molecular weight excluding hydrogens is 363 g/mol. The third kappa shape index (κ3) is 2.46. The average Bonchev–Trinajstić information content (AvgIpc) is 2.09. The van der Waals surface area contributed by atoms with Crippen LogP contribution < -0.4 is 0 Å². The number of aliphatic carboxylic acids is 1. The highest BCUT2D eigenvalue weighted by atomic mass is 127. The first-order valence-electron chi connectivity index (χ1n) is 3.80. The molecule has 3 nitrogen and oxygen atoms in total. The molecule has 14 heavy (non-hydrogen) atoms. The van der Waals surface area contributed by atoms with Gasteiger partial charge in [0, 0.05) is 13.6 Å². The first-order valence-corrected chi connectivity index (χ1v) is 5.67. The van der Waals surface area contributed by atoms with Crippen LogP contribution in [0.1, 0.15) is 17.2 Å². The summed E-state index contributed by atoms with van der Waals surface area (Å²) in [5.74, 6) is -1.24. The lowest BCUT2D eigenvalue weighted by Crippen LogP contribution is -2.11. The molecule has 1 aromatic carbocycles. The van der Waals surface area contributed by atoms with Gasteiger partial charge < -0.3 is 10.2 Å². The van der Waals surface area contributed by atoms with Gasteiger partial charge in [-0.1, -0.05) is 15.9 Å². The fourth-order valence-corrected chi connectivity index (χ4v) is 2.33. The van der Waals surface area contributed by atoms with Gasteiger partial charge in [-0.05, 0) is 47.2 Å². The van der Waals surface area contributed by atoms with Crippen molar-refractivity contribution in [3.8, 4) is 0 Å². The van der Waals surface area contributed by atoms with E-state index in [1.165, 1.54) is 0 Å². The van der Waals surface area contributed by atoms with E-state index in [0.717, 1.165) is 9.13 Å². The monoisotopic (exact) mass is 370 g/mol. The average molecular weight is 371 g/mol. The SMILES string of the molecule is Cc1cc(I)cc(C(O)C(=O)O)c1Br. The Bertz CT molecular complexity index is 379. The first kappa shape index (κ1) is 11.9. The molecule has 0 saturated carbocycles. The van der Waals surface area contributed by atoms with Gasteiger partial charge in [0.1, 0.15) is 0 Å². The number of carboxylic acid groups (broad SMARTS) is 1. The van der Waals surface area contributed by atoms with Crippen molar-refractivity contribution in [2.24, 2.45) is 0 Å². The molecule has 0 aliphatic rings. The van der Waals surface area contributed by atoms with Crippen LogP contribution in [0.2, 0.25) is 0 Å². The van der Waals surface area contributed by atoms with Gasteiger partial charge >= 0.3 is 5.97 Å². The smallest absolute Gasteiger partial charge is 0.337 e.